The molecule has 0 bridgehead atoms. The predicted molar refractivity (Wildman–Crippen MR) is 100 cm³/mol. The van der Waals surface area contributed by atoms with E-state index in [1.165, 1.54) is 6.07 Å². The van der Waals surface area contributed by atoms with Crippen LogP contribution in [-0.2, 0) is 11.3 Å². The third kappa shape index (κ3) is 4.35. The Labute approximate surface area is 152 Å². The SMILES string of the molecule is Cc1nn(Cc2ccccc2F)c(C)c1NC(=S)NCC1CCCO1. The molecule has 0 saturated carbocycles. The highest BCUT2D eigenvalue weighted by molar-refractivity contribution is 7.80. The number of thiocarbonyl (C=S) groups is 1. The van der Waals surface area contributed by atoms with Crippen LogP contribution < -0.4 is 10.6 Å². The molecule has 134 valence electrons. The van der Waals surface area contributed by atoms with Gasteiger partial charge in [0, 0.05) is 18.7 Å². The Morgan fingerprint density at radius 1 is 1.40 bits per heavy atom. The summed E-state index contributed by atoms with van der Waals surface area (Å²) in [7, 11) is 0. The number of nitrogens with zero attached hydrogens (tertiary/aromatic N) is 2. The van der Waals surface area contributed by atoms with E-state index in [4.69, 9.17) is 17.0 Å². The van der Waals surface area contributed by atoms with Gasteiger partial charge in [0.15, 0.2) is 5.11 Å². The summed E-state index contributed by atoms with van der Waals surface area (Å²) in [5.74, 6) is -0.224. The molecule has 1 aromatic carbocycles. The first-order valence-corrected chi connectivity index (χ1v) is 8.89. The van der Waals surface area contributed by atoms with Crippen LogP contribution >= 0.6 is 12.2 Å². The summed E-state index contributed by atoms with van der Waals surface area (Å²) >= 11 is 5.37. The average molecular weight is 362 g/mol. The fourth-order valence-corrected chi connectivity index (χ4v) is 3.17. The smallest absolute Gasteiger partial charge is 0.170 e. The normalized spacial score (nSPS) is 16.8. The monoisotopic (exact) mass is 362 g/mol. The van der Waals surface area contributed by atoms with Gasteiger partial charge in [0.2, 0.25) is 0 Å². The summed E-state index contributed by atoms with van der Waals surface area (Å²) in [5, 5.41) is 11.5. The maximum absolute atomic E-state index is 13.9. The Morgan fingerprint density at radius 3 is 2.92 bits per heavy atom. The van der Waals surface area contributed by atoms with Crippen LogP contribution in [0.2, 0.25) is 0 Å². The first-order valence-electron chi connectivity index (χ1n) is 8.48. The van der Waals surface area contributed by atoms with Gasteiger partial charge in [0.1, 0.15) is 5.82 Å². The average Bonchev–Trinajstić information content (AvgIpc) is 3.19. The summed E-state index contributed by atoms with van der Waals surface area (Å²) < 4.78 is 21.2. The molecule has 1 aromatic heterocycles. The minimum Gasteiger partial charge on any atom is -0.376 e. The Balaban J connectivity index is 1.65. The second-order valence-electron chi connectivity index (χ2n) is 6.26. The number of anilines is 1. The molecule has 3 rings (SSSR count). The molecule has 2 aromatic rings. The summed E-state index contributed by atoms with van der Waals surface area (Å²) in [6.45, 7) is 5.78. The summed E-state index contributed by atoms with van der Waals surface area (Å²) in [6, 6.07) is 6.75. The molecule has 1 saturated heterocycles. The molecular weight excluding hydrogens is 339 g/mol. The zero-order chi connectivity index (χ0) is 17.8. The molecule has 0 radical (unpaired) electrons. The van der Waals surface area contributed by atoms with Crippen molar-refractivity contribution in [2.24, 2.45) is 0 Å². The van der Waals surface area contributed by atoms with Gasteiger partial charge in [-0.3, -0.25) is 4.68 Å². The lowest BCUT2D eigenvalue weighted by Gasteiger charge is -2.14. The molecule has 1 aliphatic rings. The molecule has 5 nitrogen and oxygen atoms in total. The van der Waals surface area contributed by atoms with Crippen LogP contribution in [0.3, 0.4) is 0 Å². The highest BCUT2D eigenvalue weighted by atomic mass is 32.1. The number of hydrogen-bond donors (Lipinski definition) is 2. The fraction of sp³-hybridized carbons (Fsp3) is 0.444. The molecule has 2 N–H and O–H groups in total. The molecule has 0 amide bonds. The standard InChI is InChI=1S/C18H23FN4OS/c1-12-17(21-18(25)20-10-15-7-5-9-24-15)13(2)23(22-12)11-14-6-3-4-8-16(14)19/h3-4,6,8,15H,5,7,9-11H2,1-2H3,(H2,20,21,25). The molecule has 25 heavy (non-hydrogen) atoms. The molecule has 7 heteroatoms. The van der Waals surface area contributed by atoms with Gasteiger partial charge in [0.25, 0.3) is 0 Å². The third-order valence-corrected chi connectivity index (χ3v) is 4.66. The maximum atomic E-state index is 13.9. The van der Waals surface area contributed by atoms with E-state index in [1.807, 2.05) is 19.9 Å². The number of rotatable bonds is 5. The van der Waals surface area contributed by atoms with Crippen LogP contribution in [-0.4, -0.2) is 34.1 Å². The number of benzene rings is 1. The molecule has 2 heterocycles. The van der Waals surface area contributed by atoms with E-state index in [-0.39, 0.29) is 11.9 Å². The molecule has 1 fully saturated rings. The highest BCUT2D eigenvalue weighted by Gasteiger charge is 2.17. The third-order valence-electron chi connectivity index (χ3n) is 4.41. The number of aryl methyl sites for hydroxylation is 1. The zero-order valence-electron chi connectivity index (χ0n) is 14.5. The molecule has 1 atom stereocenters. The highest BCUT2D eigenvalue weighted by Crippen LogP contribution is 2.21. The van der Waals surface area contributed by atoms with Gasteiger partial charge in [-0.25, -0.2) is 4.39 Å². The van der Waals surface area contributed by atoms with Gasteiger partial charge in [-0.15, -0.1) is 0 Å². The van der Waals surface area contributed by atoms with Crippen molar-refractivity contribution >= 4 is 23.0 Å². The summed E-state index contributed by atoms with van der Waals surface area (Å²) in [5.41, 5.74) is 3.22. The van der Waals surface area contributed by atoms with E-state index in [9.17, 15) is 4.39 Å². The van der Waals surface area contributed by atoms with Crippen molar-refractivity contribution in [3.63, 3.8) is 0 Å². The van der Waals surface area contributed by atoms with Crippen LogP contribution in [0.15, 0.2) is 24.3 Å². The molecule has 0 aliphatic carbocycles. The first kappa shape index (κ1) is 17.8. The molecular formula is C18H23FN4OS. The Kier molecular flexibility index (Phi) is 5.65. The second kappa shape index (κ2) is 7.93. The van der Waals surface area contributed by atoms with Gasteiger partial charge in [-0.2, -0.15) is 5.10 Å². The van der Waals surface area contributed by atoms with Crippen LogP contribution in [0.1, 0.15) is 29.8 Å². The summed E-state index contributed by atoms with van der Waals surface area (Å²) in [4.78, 5) is 0. The van der Waals surface area contributed by atoms with Gasteiger partial charge in [-0.1, -0.05) is 18.2 Å². The minimum atomic E-state index is -0.224. The van der Waals surface area contributed by atoms with Crippen LogP contribution in [0.5, 0.6) is 0 Å². The van der Waals surface area contributed by atoms with Crippen LogP contribution in [0.4, 0.5) is 10.1 Å². The van der Waals surface area contributed by atoms with Gasteiger partial charge >= 0.3 is 0 Å². The lowest BCUT2D eigenvalue weighted by atomic mass is 10.2. The van der Waals surface area contributed by atoms with E-state index in [0.717, 1.165) is 36.5 Å². The maximum Gasteiger partial charge on any atom is 0.170 e. The topological polar surface area (TPSA) is 51.1 Å². The van der Waals surface area contributed by atoms with E-state index < -0.39 is 0 Å². The Bertz CT molecular complexity index is 756. The van der Waals surface area contributed by atoms with E-state index >= 15 is 0 Å². The number of halogens is 1. The van der Waals surface area contributed by atoms with Crippen molar-refractivity contribution in [3.8, 4) is 0 Å². The molecule has 0 spiro atoms. The number of ether oxygens (including phenoxy) is 1. The van der Waals surface area contributed by atoms with E-state index in [2.05, 4.69) is 15.7 Å². The quantitative estimate of drug-likeness (QED) is 0.801. The minimum absolute atomic E-state index is 0.224. The first-order chi connectivity index (χ1) is 12.0. The number of nitrogens with one attached hydrogen (secondary N) is 2. The number of aromatic nitrogens is 2. The van der Waals surface area contributed by atoms with E-state index in [1.54, 1.807) is 16.8 Å². The predicted octanol–water partition coefficient (Wildman–Crippen LogP) is 3.15. The fourth-order valence-electron chi connectivity index (χ4n) is 2.99. The van der Waals surface area contributed by atoms with Crippen LogP contribution in [0, 0.1) is 19.7 Å². The summed E-state index contributed by atoms with van der Waals surface area (Å²) in [6.07, 6.45) is 2.40. The zero-order valence-corrected chi connectivity index (χ0v) is 15.3. The van der Waals surface area contributed by atoms with Gasteiger partial charge in [0.05, 0.1) is 29.7 Å². The van der Waals surface area contributed by atoms with E-state index in [0.29, 0.717) is 23.8 Å². The molecule has 1 unspecified atom stereocenters. The second-order valence-corrected chi connectivity index (χ2v) is 6.67. The van der Waals surface area contributed by atoms with Crippen molar-refractivity contribution in [3.05, 3.63) is 47.0 Å². The number of hydrogen-bond acceptors (Lipinski definition) is 3. The van der Waals surface area contributed by atoms with Gasteiger partial charge < -0.3 is 15.4 Å². The van der Waals surface area contributed by atoms with Crippen molar-refractivity contribution in [2.45, 2.75) is 39.3 Å². The van der Waals surface area contributed by atoms with Crippen molar-refractivity contribution < 1.29 is 9.13 Å². The lowest BCUT2D eigenvalue weighted by Crippen LogP contribution is -2.35. The van der Waals surface area contributed by atoms with Crippen molar-refractivity contribution in [1.29, 1.82) is 0 Å². The van der Waals surface area contributed by atoms with Crippen molar-refractivity contribution in [2.75, 3.05) is 18.5 Å². The Morgan fingerprint density at radius 2 is 2.20 bits per heavy atom. The Hall–Kier alpha value is -1.99. The van der Waals surface area contributed by atoms with Gasteiger partial charge in [-0.05, 0) is 45.0 Å². The van der Waals surface area contributed by atoms with Crippen LogP contribution in [0.25, 0.3) is 0 Å². The largest absolute Gasteiger partial charge is 0.376 e. The van der Waals surface area contributed by atoms with Crippen molar-refractivity contribution in [1.82, 2.24) is 15.1 Å². The molecule has 1 aliphatic heterocycles. The lowest BCUT2D eigenvalue weighted by molar-refractivity contribution is 0.114.